The molecule has 0 radical (unpaired) electrons. The van der Waals surface area contributed by atoms with Crippen LogP contribution in [0.1, 0.15) is 98.1 Å². The summed E-state index contributed by atoms with van der Waals surface area (Å²) in [6.07, 6.45) is 31.7. The van der Waals surface area contributed by atoms with Crippen molar-refractivity contribution in [3.05, 3.63) is 95.7 Å². The van der Waals surface area contributed by atoms with Gasteiger partial charge < -0.3 is 29.5 Å². The van der Waals surface area contributed by atoms with Gasteiger partial charge in [0.05, 0.1) is 12.8 Å². The van der Waals surface area contributed by atoms with Crippen LogP contribution in [0.5, 0.6) is 0 Å². The van der Waals surface area contributed by atoms with Crippen LogP contribution in [-0.2, 0) is 23.1 Å². The summed E-state index contributed by atoms with van der Waals surface area (Å²) in [5, 5.41) is 10.6. The van der Waals surface area contributed by atoms with Crippen molar-refractivity contribution in [1.82, 2.24) is 14.5 Å². The summed E-state index contributed by atoms with van der Waals surface area (Å²) in [6.45, 7) is 4.15. The number of hydrogen-bond acceptors (Lipinski definition) is 10. The summed E-state index contributed by atoms with van der Waals surface area (Å²) in [5.74, 6) is 0.203. The zero-order chi connectivity index (χ0) is 39.0. The number of carbonyl (C=O) groups is 1. The third-order valence-corrected chi connectivity index (χ3v) is 10.7. The smallest absolute Gasteiger partial charge is 0.351 e. The van der Waals surface area contributed by atoms with E-state index in [-0.39, 0.29) is 25.2 Å². The third-order valence-electron chi connectivity index (χ3n) is 8.69. The molecule has 54 heavy (non-hydrogen) atoms. The van der Waals surface area contributed by atoms with E-state index in [1.807, 2.05) is 7.05 Å². The van der Waals surface area contributed by atoms with Crippen molar-refractivity contribution in [1.29, 1.82) is 0 Å². The summed E-state index contributed by atoms with van der Waals surface area (Å²) in [4.78, 5) is 30.2. The van der Waals surface area contributed by atoms with Crippen LogP contribution in [0.2, 0.25) is 0 Å². The third kappa shape index (κ3) is 18.9. The highest BCUT2D eigenvalue weighted by Gasteiger charge is 2.55. The second kappa shape index (κ2) is 27.3. The number of hydrogen-bond donors (Lipinski definition) is 2. The van der Waals surface area contributed by atoms with Gasteiger partial charge >= 0.3 is 13.3 Å². The molecule has 1 aliphatic rings. The number of nitrogen functional groups attached to an aromatic ring is 1. The van der Waals surface area contributed by atoms with Gasteiger partial charge in [-0.3, -0.25) is 13.9 Å². The predicted molar refractivity (Wildman–Crippen MR) is 218 cm³/mol. The zero-order valence-electron chi connectivity index (χ0n) is 32.1. The zero-order valence-corrected chi connectivity index (χ0v) is 33.0. The summed E-state index contributed by atoms with van der Waals surface area (Å²) in [7, 11) is -0.378. The molecule has 0 aliphatic carbocycles. The number of carbonyl (C=O) groups excluding carboxylic acids is 1. The van der Waals surface area contributed by atoms with Gasteiger partial charge in [-0.25, -0.2) is 9.18 Å². The molecule has 0 aromatic carbocycles. The van der Waals surface area contributed by atoms with Crippen LogP contribution in [0.4, 0.5) is 10.2 Å². The molecule has 1 unspecified atom stereocenters. The molecular formula is C41H66FN4O7P. The Balaban J connectivity index is 0.0000146. The molecule has 1 aromatic rings. The summed E-state index contributed by atoms with van der Waals surface area (Å²) in [6, 6.07) is 1.32. The molecule has 1 fully saturated rings. The number of ether oxygens (including phenoxy) is 1. The molecule has 0 spiro atoms. The molecule has 0 bridgehead atoms. The van der Waals surface area contributed by atoms with E-state index in [1.54, 1.807) is 0 Å². The quantitative estimate of drug-likeness (QED) is 0.0659. The van der Waals surface area contributed by atoms with E-state index >= 15 is 4.39 Å². The summed E-state index contributed by atoms with van der Waals surface area (Å²) in [5.41, 5.74) is 2.33. The van der Waals surface area contributed by atoms with E-state index in [0.717, 1.165) is 62.9 Å². The SMILES string of the molecule is C.CC/C=C\C/C=C\C/C=C\C/C=C\C/C=C\C/C=C\CCC(=O)CCCN(C)CCCP(=O)(OC)OC[C@H]1O[C@@H](n2ccc(N)nc2=O)[C@](C)(F)[C@@H]1O. The molecular weight excluding hydrogens is 710 g/mol. The Hall–Kier alpha value is -3.25. The van der Waals surface area contributed by atoms with Crippen LogP contribution in [0.3, 0.4) is 0 Å². The van der Waals surface area contributed by atoms with Gasteiger partial charge in [-0.05, 0) is 90.9 Å². The lowest BCUT2D eigenvalue weighted by Gasteiger charge is -2.24. The van der Waals surface area contributed by atoms with Crippen LogP contribution >= 0.6 is 7.60 Å². The Kier molecular flexibility index (Phi) is 24.7. The van der Waals surface area contributed by atoms with Gasteiger partial charge in [-0.1, -0.05) is 87.3 Å². The topological polar surface area (TPSA) is 146 Å². The Bertz CT molecular complexity index is 1500. The fraction of sp³-hybridized carbons (Fsp3) is 0.585. The van der Waals surface area contributed by atoms with Gasteiger partial charge in [0.25, 0.3) is 0 Å². The first kappa shape index (κ1) is 48.8. The lowest BCUT2D eigenvalue weighted by Crippen LogP contribution is -2.43. The summed E-state index contributed by atoms with van der Waals surface area (Å²) >= 11 is 0. The molecule has 11 nitrogen and oxygen atoms in total. The maximum atomic E-state index is 15.5. The molecule has 13 heteroatoms. The highest BCUT2D eigenvalue weighted by molar-refractivity contribution is 7.53. The fourth-order valence-electron chi connectivity index (χ4n) is 5.55. The first-order chi connectivity index (χ1) is 25.4. The van der Waals surface area contributed by atoms with E-state index in [2.05, 4.69) is 89.7 Å². The second-order valence-corrected chi connectivity index (χ2v) is 15.5. The number of ketones is 1. The monoisotopic (exact) mass is 776 g/mol. The van der Waals surface area contributed by atoms with Gasteiger partial charge in [-0.15, -0.1) is 0 Å². The Morgan fingerprint density at radius 2 is 1.54 bits per heavy atom. The number of aliphatic hydroxyl groups is 1. The number of allylic oxidation sites excluding steroid dienone is 12. The van der Waals surface area contributed by atoms with Gasteiger partial charge in [0.2, 0.25) is 0 Å². The number of alkyl halides is 1. The maximum absolute atomic E-state index is 15.5. The molecule has 2 rings (SSSR count). The number of nitrogens with two attached hydrogens (primary N) is 1. The number of anilines is 1. The van der Waals surface area contributed by atoms with Crippen molar-refractivity contribution in [3.8, 4) is 0 Å². The van der Waals surface area contributed by atoms with Crippen LogP contribution in [0.25, 0.3) is 0 Å². The van der Waals surface area contributed by atoms with E-state index in [1.165, 1.54) is 19.4 Å². The van der Waals surface area contributed by atoms with Crippen molar-refractivity contribution in [2.75, 3.05) is 45.7 Å². The average molecular weight is 777 g/mol. The Labute approximate surface area is 323 Å². The molecule has 5 atom stereocenters. The van der Waals surface area contributed by atoms with Gasteiger partial charge in [0, 0.05) is 26.1 Å². The molecule has 1 saturated heterocycles. The number of rotatable bonds is 27. The molecule has 304 valence electrons. The van der Waals surface area contributed by atoms with Gasteiger partial charge in [0.1, 0.15) is 23.8 Å². The molecule has 0 amide bonds. The van der Waals surface area contributed by atoms with Gasteiger partial charge in [-0.2, -0.15) is 4.98 Å². The normalized spacial score (nSPS) is 21.9. The molecule has 0 saturated carbocycles. The minimum absolute atomic E-state index is 0. The Morgan fingerprint density at radius 3 is 2.07 bits per heavy atom. The first-order valence-corrected chi connectivity index (χ1v) is 20.4. The maximum Gasteiger partial charge on any atom is 0.351 e. The number of Topliss-reactive ketones (excluding diaryl/α,β-unsaturated/α-hetero) is 1. The number of halogens is 1. The molecule has 1 aliphatic heterocycles. The first-order valence-electron chi connectivity index (χ1n) is 18.7. The van der Waals surface area contributed by atoms with E-state index in [4.69, 9.17) is 19.5 Å². The van der Waals surface area contributed by atoms with Crippen LogP contribution in [0.15, 0.2) is 90.0 Å². The fourth-order valence-corrected chi connectivity index (χ4v) is 6.87. The molecule has 1 aromatic heterocycles. The lowest BCUT2D eigenvalue weighted by molar-refractivity contribution is -0.119. The van der Waals surface area contributed by atoms with Crippen molar-refractivity contribution >= 4 is 19.2 Å². The number of aliphatic hydroxyl groups excluding tert-OH is 1. The van der Waals surface area contributed by atoms with Crippen LogP contribution in [0, 0.1) is 0 Å². The number of aromatic nitrogens is 2. The highest BCUT2D eigenvalue weighted by Crippen LogP contribution is 2.49. The van der Waals surface area contributed by atoms with Crippen molar-refractivity contribution in [2.24, 2.45) is 0 Å². The average Bonchev–Trinajstić information content (AvgIpc) is 3.35. The second-order valence-electron chi connectivity index (χ2n) is 13.2. The van der Waals surface area contributed by atoms with Crippen molar-refractivity contribution in [3.63, 3.8) is 0 Å². The molecule has 3 N–H and O–H groups in total. The lowest BCUT2D eigenvalue weighted by atomic mass is 9.98. The van der Waals surface area contributed by atoms with Gasteiger partial charge in [0.15, 0.2) is 11.9 Å². The minimum Gasteiger partial charge on any atom is -0.387 e. The van der Waals surface area contributed by atoms with E-state index in [9.17, 15) is 19.3 Å². The minimum atomic E-state index is -3.58. The molecule has 2 heterocycles. The van der Waals surface area contributed by atoms with Crippen LogP contribution < -0.4 is 11.4 Å². The van der Waals surface area contributed by atoms with E-state index in [0.29, 0.717) is 32.4 Å². The summed E-state index contributed by atoms with van der Waals surface area (Å²) < 4.78 is 45.9. The predicted octanol–water partition coefficient (Wildman–Crippen LogP) is 8.45. The van der Waals surface area contributed by atoms with Crippen LogP contribution in [-0.4, -0.2) is 83.2 Å². The standard InChI is InChI=1S/C40H62FN4O7P.CH4/c1-5-6-7-8-9-10-11-12-13-14-15-16-17-18-19-20-21-22-23-26-34(46)27-24-29-44(3)30-25-32-53(49,50-4)51-33-35-37(47)40(2,41)38(52-35)45-31-28-36(42)43-39(45)48;/h6-7,9-10,12-13,15-16,18-19,21-22,28,31,35,37-38,47H,5,8,11,14,17,20,23-27,29-30,32-33H2,1-4H3,(H2,42,43,48);1H4/b7-6-,10-9-,13-12-,16-15-,19-18-,22-21-;/t35-,37-,38-,40-,53?;/m1./s1. The Morgan fingerprint density at radius 1 is 1.00 bits per heavy atom. The van der Waals surface area contributed by atoms with E-state index < -0.39 is 44.0 Å². The van der Waals surface area contributed by atoms with Crippen molar-refractivity contribution < 1.29 is 32.6 Å². The van der Waals surface area contributed by atoms with Crippen molar-refractivity contribution in [2.45, 2.75) is 116 Å². The number of nitrogens with zero attached hydrogens (tertiary/aromatic N) is 3. The highest BCUT2D eigenvalue weighted by atomic mass is 31.2. The largest absolute Gasteiger partial charge is 0.387 e.